The highest BCUT2D eigenvalue weighted by molar-refractivity contribution is 9.10. The summed E-state index contributed by atoms with van der Waals surface area (Å²) in [6, 6.07) is 5.58. The summed E-state index contributed by atoms with van der Waals surface area (Å²) in [5.74, 6) is 0.119. The van der Waals surface area contributed by atoms with Crippen molar-refractivity contribution in [1.29, 1.82) is 5.26 Å². The molecule has 0 spiro atoms. The van der Waals surface area contributed by atoms with E-state index < -0.39 is 0 Å². The Labute approximate surface area is 120 Å². The van der Waals surface area contributed by atoms with E-state index in [1.54, 1.807) is 4.90 Å². The van der Waals surface area contributed by atoms with Gasteiger partial charge in [0, 0.05) is 27.2 Å². The number of nitrogens with zero attached hydrogens (tertiary/aromatic N) is 2. The molecule has 1 saturated heterocycles. The summed E-state index contributed by atoms with van der Waals surface area (Å²) >= 11 is 8.00. The third-order valence-electron chi connectivity index (χ3n) is 2.45. The van der Waals surface area contributed by atoms with Crippen molar-refractivity contribution in [3.05, 3.63) is 22.7 Å². The van der Waals surface area contributed by atoms with E-state index in [0.29, 0.717) is 13.0 Å². The van der Waals surface area contributed by atoms with E-state index in [1.807, 2.05) is 23.6 Å². The van der Waals surface area contributed by atoms with Gasteiger partial charge >= 0.3 is 0 Å². The van der Waals surface area contributed by atoms with Crippen LogP contribution in [-0.4, -0.2) is 17.3 Å². The average molecular weight is 376 g/mol. The van der Waals surface area contributed by atoms with Gasteiger partial charge in [-0.1, -0.05) is 15.9 Å². The van der Waals surface area contributed by atoms with E-state index in [9.17, 15) is 4.79 Å². The second-order valence-corrected chi connectivity index (χ2v) is 6.62. The molecule has 0 aliphatic carbocycles. The predicted molar refractivity (Wildman–Crippen MR) is 75.3 cm³/mol. The van der Waals surface area contributed by atoms with Crippen molar-refractivity contribution in [2.24, 2.45) is 0 Å². The lowest BCUT2D eigenvalue weighted by molar-refractivity contribution is -0.117. The van der Waals surface area contributed by atoms with Crippen LogP contribution in [-0.2, 0) is 4.79 Å². The topological polar surface area (TPSA) is 44.1 Å². The maximum atomic E-state index is 11.8. The van der Waals surface area contributed by atoms with Crippen LogP contribution in [0.3, 0.4) is 0 Å². The first-order chi connectivity index (χ1) is 8.11. The molecule has 0 bridgehead atoms. The number of benzene rings is 1. The first kappa shape index (κ1) is 12.9. The number of carbonyl (C=O) groups is 1. The average Bonchev–Trinajstić information content (AvgIpc) is 2.58. The van der Waals surface area contributed by atoms with Gasteiger partial charge in [-0.2, -0.15) is 5.26 Å². The fraction of sp³-hybridized carbons (Fsp3) is 0.273. The molecule has 1 aliphatic rings. The van der Waals surface area contributed by atoms with Crippen molar-refractivity contribution < 1.29 is 4.79 Å². The summed E-state index contributed by atoms with van der Waals surface area (Å²) in [6.45, 7) is 0.683. The first-order valence-electron chi connectivity index (χ1n) is 4.91. The fourth-order valence-electron chi connectivity index (χ4n) is 1.72. The summed E-state index contributed by atoms with van der Waals surface area (Å²) in [7, 11) is 0. The predicted octanol–water partition coefficient (Wildman–Crippen LogP) is 3.52. The van der Waals surface area contributed by atoms with Crippen LogP contribution in [0.15, 0.2) is 27.6 Å². The van der Waals surface area contributed by atoms with Crippen LogP contribution in [0.25, 0.3) is 0 Å². The molecule has 1 unspecified atom stereocenters. The van der Waals surface area contributed by atoms with Crippen LogP contribution in [0.1, 0.15) is 6.42 Å². The highest BCUT2D eigenvalue weighted by Gasteiger charge is 2.29. The number of carbonyl (C=O) groups excluding carboxylic acids is 1. The molecule has 0 radical (unpaired) electrons. The van der Waals surface area contributed by atoms with E-state index in [1.165, 1.54) is 0 Å². The van der Waals surface area contributed by atoms with Crippen molar-refractivity contribution in [1.82, 2.24) is 0 Å². The zero-order valence-electron chi connectivity index (χ0n) is 8.69. The van der Waals surface area contributed by atoms with E-state index in [2.05, 4.69) is 31.9 Å². The Morgan fingerprint density at radius 1 is 1.53 bits per heavy atom. The minimum atomic E-state index is 0.119. The molecule has 0 aromatic heterocycles. The molecule has 1 atom stereocenters. The summed E-state index contributed by atoms with van der Waals surface area (Å²) in [4.78, 5) is 14.6. The van der Waals surface area contributed by atoms with Crippen LogP contribution in [0.2, 0.25) is 0 Å². The highest BCUT2D eigenvalue weighted by atomic mass is 79.9. The largest absolute Gasteiger partial charge is 0.310 e. The summed E-state index contributed by atoms with van der Waals surface area (Å²) in [6.07, 6.45) is 0.529. The smallest absolute Gasteiger partial charge is 0.228 e. The maximum absolute atomic E-state index is 11.8. The molecule has 0 N–H and O–H groups in total. The SMILES string of the molecule is N#CSc1ccc(N2CC(Br)CC2=O)c(Br)c1. The number of rotatable bonds is 2. The molecular formula is C11H8Br2N2OS. The van der Waals surface area contributed by atoms with Gasteiger partial charge in [0.1, 0.15) is 5.40 Å². The quantitative estimate of drug-likeness (QED) is 0.451. The van der Waals surface area contributed by atoms with Crippen LogP contribution in [0.5, 0.6) is 0 Å². The van der Waals surface area contributed by atoms with Crippen LogP contribution in [0.4, 0.5) is 5.69 Å². The molecule has 2 rings (SSSR count). The molecule has 1 fully saturated rings. The van der Waals surface area contributed by atoms with Crippen molar-refractivity contribution in [2.45, 2.75) is 16.1 Å². The molecule has 1 aromatic carbocycles. The molecule has 1 amide bonds. The third kappa shape index (κ3) is 2.84. The molecule has 0 saturated carbocycles. The third-order valence-corrected chi connectivity index (χ3v) is 4.28. The highest BCUT2D eigenvalue weighted by Crippen LogP contribution is 2.34. The Kier molecular flexibility index (Phi) is 4.13. The monoisotopic (exact) mass is 374 g/mol. The van der Waals surface area contributed by atoms with Gasteiger partial charge in [-0.05, 0) is 45.9 Å². The molecule has 1 aromatic rings. The normalized spacial score (nSPS) is 19.5. The van der Waals surface area contributed by atoms with Gasteiger partial charge in [0.15, 0.2) is 0 Å². The minimum Gasteiger partial charge on any atom is -0.310 e. The van der Waals surface area contributed by atoms with E-state index >= 15 is 0 Å². The number of thiocyanates is 1. The van der Waals surface area contributed by atoms with Gasteiger partial charge in [0.05, 0.1) is 5.69 Å². The number of hydrogen-bond donors (Lipinski definition) is 0. The van der Waals surface area contributed by atoms with Crippen molar-refractivity contribution >= 4 is 55.2 Å². The molecular weight excluding hydrogens is 368 g/mol. The lowest BCUT2D eigenvalue weighted by atomic mass is 10.3. The molecule has 1 heterocycles. The van der Waals surface area contributed by atoms with Crippen molar-refractivity contribution in [3.63, 3.8) is 0 Å². The van der Waals surface area contributed by atoms with Crippen LogP contribution >= 0.6 is 43.6 Å². The van der Waals surface area contributed by atoms with Crippen molar-refractivity contribution in [3.8, 4) is 5.40 Å². The summed E-state index contributed by atoms with van der Waals surface area (Å²) in [5.41, 5.74) is 0.860. The number of halogens is 2. The molecule has 6 heteroatoms. The minimum absolute atomic E-state index is 0.119. The summed E-state index contributed by atoms with van der Waals surface area (Å²) in [5, 5.41) is 10.6. The zero-order valence-corrected chi connectivity index (χ0v) is 12.7. The second kappa shape index (κ2) is 5.42. The number of alkyl halides is 1. The van der Waals surface area contributed by atoms with Gasteiger partial charge in [-0.15, -0.1) is 0 Å². The van der Waals surface area contributed by atoms with Gasteiger partial charge < -0.3 is 4.90 Å². The zero-order chi connectivity index (χ0) is 12.4. The number of amides is 1. The van der Waals surface area contributed by atoms with Gasteiger partial charge in [-0.3, -0.25) is 4.79 Å². The first-order valence-corrected chi connectivity index (χ1v) is 7.44. The van der Waals surface area contributed by atoms with Gasteiger partial charge in [-0.25, -0.2) is 0 Å². The van der Waals surface area contributed by atoms with Gasteiger partial charge in [0.2, 0.25) is 5.91 Å². The van der Waals surface area contributed by atoms with E-state index in [0.717, 1.165) is 26.8 Å². The number of nitriles is 1. The molecule has 1 aliphatic heterocycles. The Balaban J connectivity index is 2.28. The number of anilines is 1. The van der Waals surface area contributed by atoms with E-state index in [4.69, 9.17) is 5.26 Å². The lowest BCUT2D eigenvalue weighted by Crippen LogP contribution is -2.24. The Morgan fingerprint density at radius 3 is 2.82 bits per heavy atom. The number of thioether (sulfide) groups is 1. The van der Waals surface area contributed by atoms with E-state index in [-0.39, 0.29) is 10.7 Å². The van der Waals surface area contributed by atoms with Crippen LogP contribution < -0.4 is 4.90 Å². The number of hydrogen-bond acceptors (Lipinski definition) is 3. The second-order valence-electron chi connectivity index (χ2n) is 3.61. The van der Waals surface area contributed by atoms with Crippen LogP contribution in [0, 0.1) is 10.7 Å². The lowest BCUT2D eigenvalue weighted by Gasteiger charge is -2.17. The molecule has 88 valence electrons. The molecule has 3 nitrogen and oxygen atoms in total. The standard InChI is InChI=1S/C11H8Br2N2OS/c12-7-3-11(16)15(5-7)10-2-1-8(17-6-14)4-9(10)13/h1-2,4,7H,3,5H2. The van der Waals surface area contributed by atoms with Gasteiger partial charge in [0.25, 0.3) is 0 Å². The summed E-state index contributed by atoms with van der Waals surface area (Å²) < 4.78 is 0.840. The van der Waals surface area contributed by atoms with Crippen molar-refractivity contribution in [2.75, 3.05) is 11.4 Å². The Bertz CT molecular complexity index is 501. The maximum Gasteiger partial charge on any atom is 0.228 e. The Hall–Kier alpha value is -0.510. The molecule has 17 heavy (non-hydrogen) atoms. The Morgan fingerprint density at radius 2 is 2.29 bits per heavy atom. The fourth-order valence-corrected chi connectivity index (χ4v) is 3.45.